The summed E-state index contributed by atoms with van der Waals surface area (Å²) in [5.74, 6) is -1.91. The van der Waals surface area contributed by atoms with E-state index in [4.69, 9.17) is 0 Å². The Bertz CT molecular complexity index is 579. The lowest BCUT2D eigenvalue weighted by molar-refractivity contribution is 0.101. The third-order valence-corrected chi connectivity index (χ3v) is 3.13. The Hall–Kier alpha value is -1.88. The maximum absolute atomic E-state index is 12.9. The van der Waals surface area contributed by atoms with Gasteiger partial charge in [0.1, 0.15) is 0 Å². The highest BCUT2D eigenvalue weighted by molar-refractivity contribution is 7.12. The standard InChI is InChI=1S/C13H9F2NOS/c14-10-4-3-9(8-11(10)15)16-6-5-12(17)13-2-1-7-18-13/h1-4,6-8H,5H2. The molecule has 2 nitrogen and oxygen atoms in total. The van der Waals surface area contributed by atoms with Crippen LogP contribution in [-0.4, -0.2) is 12.0 Å². The number of ketones is 1. The number of benzene rings is 1. The van der Waals surface area contributed by atoms with Crippen molar-refractivity contribution in [1.82, 2.24) is 0 Å². The third-order valence-electron chi connectivity index (χ3n) is 2.22. The predicted molar refractivity (Wildman–Crippen MR) is 67.8 cm³/mol. The second-order valence-corrected chi connectivity index (χ2v) is 4.46. The van der Waals surface area contributed by atoms with E-state index in [2.05, 4.69) is 4.99 Å². The van der Waals surface area contributed by atoms with Crippen molar-refractivity contribution < 1.29 is 13.6 Å². The molecule has 0 amide bonds. The number of hydrogen-bond acceptors (Lipinski definition) is 3. The van der Waals surface area contributed by atoms with Crippen LogP contribution < -0.4 is 0 Å². The summed E-state index contributed by atoms with van der Waals surface area (Å²) in [6, 6.07) is 6.87. The van der Waals surface area contributed by atoms with E-state index in [1.54, 1.807) is 12.1 Å². The summed E-state index contributed by atoms with van der Waals surface area (Å²) in [6.45, 7) is 0. The molecule has 1 aromatic heterocycles. The molecule has 0 atom stereocenters. The molecule has 0 aliphatic rings. The topological polar surface area (TPSA) is 29.4 Å². The molecule has 0 bridgehead atoms. The Morgan fingerprint density at radius 3 is 2.78 bits per heavy atom. The van der Waals surface area contributed by atoms with E-state index in [-0.39, 0.29) is 17.9 Å². The molecule has 2 rings (SSSR count). The van der Waals surface area contributed by atoms with Gasteiger partial charge in [0.15, 0.2) is 17.4 Å². The third kappa shape index (κ3) is 3.07. The average Bonchev–Trinajstić information content (AvgIpc) is 2.87. The molecule has 0 aliphatic carbocycles. The summed E-state index contributed by atoms with van der Waals surface area (Å²) in [4.78, 5) is 16.2. The van der Waals surface area contributed by atoms with Gasteiger partial charge in [0.2, 0.25) is 0 Å². The minimum atomic E-state index is -0.950. The Morgan fingerprint density at radius 2 is 2.11 bits per heavy atom. The lowest BCUT2D eigenvalue weighted by Gasteiger charge is -1.95. The molecule has 0 saturated carbocycles. The molecule has 1 heterocycles. The van der Waals surface area contributed by atoms with Gasteiger partial charge in [-0.15, -0.1) is 11.3 Å². The summed E-state index contributed by atoms with van der Waals surface area (Å²) < 4.78 is 25.5. The van der Waals surface area contributed by atoms with Gasteiger partial charge in [0.25, 0.3) is 0 Å². The molecule has 0 spiro atoms. The predicted octanol–water partition coefficient (Wildman–Crippen LogP) is 4.00. The minimum Gasteiger partial charge on any atom is -0.293 e. The molecule has 92 valence electrons. The van der Waals surface area contributed by atoms with Gasteiger partial charge in [-0.1, -0.05) is 6.07 Å². The van der Waals surface area contributed by atoms with Crippen LogP contribution in [0.25, 0.3) is 0 Å². The molecule has 0 radical (unpaired) electrons. The van der Waals surface area contributed by atoms with Crippen LogP contribution in [0.4, 0.5) is 14.5 Å². The van der Waals surface area contributed by atoms with E-state index < -0.39 is 11.6 Å². The molecule has 5 heteroatoms. The highest BCUT2D eigenvalue weighted by atomic mass is 32.1. The average molecular weight is 265 g/mol. The van der Waals surface area contributed by atoms with Gasteiger partial charge in [-0.3, -0.25) is 9.79 Å². The van der Waals surface area contributed by atoms with Crippen LogP contribution in [0.5, 0.6) is 0 Å². The fourth-order valence-electron chi connectivity index (χ4n) is 1.34. The van der Waals surface area contributed by atoms with E-state index in [0.717, 1.165) is 12.1 Å². The van der Waals surface area contributed by atoms with Crippen LogP contribution in [0.15, 0.2) is 40.7 Å². The van der Waals surface area contributed by atoms with Gasteiger partial charge in [-0.05, 0) is 23.6 Å². The lowest BCUT2D eigenvalue weighted by Crippen LogP contribution is -1.95. The first-order chi connectivity index (χ1) is 8.66. The Kier molecular flexibility index (Phi) is 3.94. The fourth-order valence-corrected chi connectivity index (χ4v) is 2.01. The number of halogens is 2. The largest absolute Gasteiger partial charge is 0.293 e. The molecule has 0 fully saturated rings. The highest BCUT2D eigenvalue weighted by Gasteiger charge is 2.04. The molecule has 1 aromatic carbocycles. The minimum absolute atomic E-state index is 0.0451. The van der Waals surface area contributed by atoms with E-state index in [1.807, 2.05) is 5.38 Å². The SMILES string of the molecule is O=C(CC=Nc1ccc(F)c(F)c1)c1cccs1. The first-order valence-electron chi connectivity index (χ1n) is 5.21. The van der Waals surface area contributed by atoms with Crippen LogP contribution in [-0.2, 0) is 0 Å². The Morgan fingerprint density at radius 1 is 1.28 bits per heavy atom. The van der Waals surface area contributed by atoms with Crippen molar-refractivity contribution in [3.8, 4) is 0 Å². The lowest BCUT2D eigenvalue weighted by atomic mass is 10.2. The Labute approximate surface area is 107 Å². The first kappa shape index (κ1) is 12.6. The zero-order valence-electron chi connectivity index (χ0n) is 9.27. The number of rotatable bonds is 4. The van der Waals surface area contributed by atoms with Crippen molar-refractivity contribution in [3.63, 3.8) is 0 Å². The normalized spacial score (nSPS) is 11.0. The van der Waals surface area contributed by atoms with Crippen molar-refractivity contribution in [2.45, 2.75) is 6.42 Å². The first-order valence-corrected chi connectivity index (χ1v) is 6.09. The molecule has 0 aliphatic heterocycles. The molecule has 0 saturated heterocycles. The number of nitrogens with zero attached hydrogens (tertiary/aromatic N) is 1. The molecular weight excluding hydrogens is 256 g/mol. The van der Waals surface area contributed by atoms with E-state index >= 15 is 0 Å². The zero-order valence-corrected chi connectivity index (χ0v) is 10.1. The smallest absolute Gasteiger partial charge is 0.178 e. The van der Waals surface area contributed by atoms with Gasteiger partial charge in [-0.2, -0.15) is 0 Å². The van der Waals surface area contributed by atoms with Gasteiger partial charge in [-0.25, -0.2) is 8.78 Å². The van der Waals surface area contributed by atoms with Crippen LogP contribution in [0.1, 0.15) is 16.1 Å². The van der Waals surface area contributed by atoms with Crippen molar-refractivity contribution in [1.29, 1.82) is 0 Å². The molecule has 2 aromatic rings. The summed E-state index contributed by atoms with van der Waals surface area (Å²) in [5.41, 5.74) is 0.285. The maximum atomic E-state index is 12.9. The number of hydrogen-bond donors (Lipinski definition) is 0. The van der Waals surface area contributed by atoms with Crippen LogP contribution >= 0.6 is 11.3 Å². The molecule has 0 N–H and O–H groups in total. The van der Waals surface area contributed by atoms with Gasteiger partial charge in [0, 0.05) is 18.7 Å². The number of carbonyl (C=O) groups is 1. The van der Waals surface area contributed by atoms with Crippen molar-refractivity contribution in [2.75, 3.05) is 0 Å². The number of thiophene rings is 1. The maximum Gasteiger partial charge on any atom is 0.178 e. The fraction of sp³-hybridized carbons (Fsp3) is 0.0769. The summed E-state index contributed by atoms with van der Waals surface area (Å²) in [7, 11) is 0. The van der Waals surface area contributed by atoms with Crippen molar-refractivity contribution >= 4 is 29.0 Å². The molecule has 18 heavy (non-hydrogen) atoms. The van der Waals surface area contributed by atoms with Gasteiger partial charge in [0.05, 0.1) is 10.6 Å². The zero-order chi connectivity index (χ0) is 13.0. The van der Waals surface area contributed by atoms with Gasteiger partial charge >= 0.3 is 0 Å². The van der Waals surface area contributed by atoms with Crippen molar-refractivity contribution in [3.05, 3.63) is 52.2 Å². The monoisotopic (exact) mass is 265 g/mol. The second-order valence-electron chi connectivity index (χ2n) is 3.51. The Balaban J connectivity index is 1.99. The second kappa shape index (κ2) is 5.64. The quantitative estimate of drug-likeness (QED) is 0.607. The van der Waals surface area contributed by atoms with Crippen LogP contribution in [0.2, 0.25) is 0 Å². The molecular formula is C13H9F2NOS. The highest BCUT2D eigenvalue weighted by Crippen LogP contribution is 2.16. The number of Topliss-reactive ketones (excluding diaryl/α,β-unsaturated/α-hetero) is 1. The number of carbonyl (C=O) groups excluding carboxylic acids is 1. The summed E-state index contributed by atoms with van der Waals surface area (Å²) in [5, 5.41) is 1.82. The van der Waals surface area contributed by atoms with Crippen LogP contribution in [0.3, 0.4) is 0 Å². The summed E-state index contributed by atoms with van der Waals surface area (Å²) >= 11 is 1.36. The van der Waals surface area contributed by atoms with Gasteiger partial charge < -0.3 is 0 Å². The van der Waals surface area contributed by atoms with Crippen molar-refractivity contribution in [2.24, 2.45) is 4.99 Å². The number of aliphatic imine (C=N–C) groups is 1. The molecule has 0 unspecified atom stereocenters. The van der Waals surface area contributed by atoms with E-state index in [0.29, 0.717) is 4.88 Å². The summed E-state index contributed by atoms with van der Waals surface area (Å²) in [6.07, 6.45) is 1.54. The van der Waals surface area contributed by atoms with E-state index in [9.17, 15) is 13.6 Å². The van der Waals surface area contributed by atoms with Crippen LogP contribution in [0, 0.1) is 11.6 Å². The van der Waals surface area contributed by atoms with E-state index in [1.165, 1.54) is 23.6 Å².